The first-order valence-corrected chi connectivity index (χ1v) is 8.04. The standard InChI is InChI=1S/C17H26N2O/c20-15(13-19-10-3-4-11-19)12-18-17-9-5-7-14-6-1-2-8-16(14)17/h1-2,6,8,15,17-18,20H,3-5,7,9-13H2. The molecule has 2 atom stereocenters. The fourth-order valence-corrected chi connectivity index (χ4v) is 3.57. The van der Waals surface area contributed by atoms with Crippen LogP contribution in [0.25, 0.3) is 0 Å². The Balaban J connectivity index is 1.51. The van der Waals surface area contributed by atoms with Gasteiger partial charge < -0.3 is 15.3 Å². The van der Waals surface area contributed by atoms with E-state index < -0.39 is 0 Å². The molecule has 1 heterocycles. The Morgan fingerprint density at radius 1 is 1.20 bits per heavy atom. The Labute approximate surface area is 122 Å². The monoisotopic (exact) mass is 274 g/mol. The Morgan fingerprint density at radius 3 is 2.85 bits per heavy atom. The summed E-state index contributed by atoms with van der Waals surface area (Å²) in [4.78, 5) is 2.38. The van der Waals surface area contributed by atoms with E-state index in [1.807, 2.05) is 0 Å². The van der Waals surface area contributed by atoms with Crippen LogP contribution in [0.15, 0.2) is 24.3 Å². The summed E-state index contributed by atoms with van der Waals surface area (Å²) in [6.07, 6.45) is 5.96. The summed E-state index contributed by atoms with van der Waals surface area (Å²) >= 11 is 0. The maximum absolute atomic E-state index is 10.2. The van der Waals surface area contributed by atoms with Crippen LogP contribution in [0.3, 0.4) is 0 Å². The molecule has 20 heavy (non-hydrogen) atoms. The number of aryl methyl sites for hydroxylation is 1. The van der Waals surface area contributed by atoms with E-state index in [-0.39, 0.29) is 6.10 Å². The van der Waals surface area contributed by atoms with Gasteiger partial charge in [-0.05, 0) is 56.3 Å². The lowest BCUT2D eigenvalue weighted by molar-refractivity contribution is 0.119. The second-order valence-electron chi connectivity index (χ2n) is 6.21. The van der Waals surface area contributed by atoms with E-state index in [1.165, 1.54) is 43.2 Å². The molecular formula is C17H26N2O. The molecule has 2 unspecified atom stereocenters. The topological polar surface area (TPSA) is 35.5 Å². The molecule has 2 aliphatic rings. The Kier molecular flexibility index (Phi) is 4.71. The Bertz CT molecular complexity index is 429. The van der Waals surface area contributed by atoms with Crippen molar-refractivity contribution < 1.29 is 5.11 Å². The van der Waals surface area contributed by atoms with Crippen LogP contribution in [-0.4, -0.2) is 42.3 Å². The van der Waals surface area contributed by atoms with Crippen molar-refractivity contribution in [2.24, 2.45) is 0 Å². The molecule has 3 rings (SSSR count). The van der Waals surface area contributed by atoms with Crippen molar-refractivity contribution >= 4 is 0 Å². The van der Waals surface area contributed by atoms with Crippen LogP contribution in [0.5, 0.6) is 0 Å². The first kappa shape index (κ1) is 14.1. The zero-order valence-electron chi connectivity index (χ0n) is 12.2. The molecule has 0 saturated carbocycles. The van der Waals surface area contributed by atoms with Gasteiger partial charge in [0.1, 0.15) is 0 Å². The van der Waals surface area contributed by atoms with Gasteiger partial charge in [0.15, 0.2) is 0 Å². The van der Waals surface area contributed by atoms with Crippen LogP contribution in [-0.2, 0) is 6.42 Å². The number of hydrogen-bond donors (Lipinski definition) is 2. The zero-order valence-corrected chi connectivity index (χ0v) is 12.2. The van der Waals surface area contributed by atoms with Crippen LogP contribution < -0.4 is 5.32 Å². The van der Waals surface area contributed by atoms with Gasteiger partial charge in [0.2, 0.25) is 0 Å². The number of likely N-dealkylation sites (tertiary alicyclic amines) is 1. The van der Waals surface area contributed by atoms with E-state index in [4.69, 9.17) is 0 Å². The number of hydrogen-bond acceptors (Lipinski definition) is 3. The van der Waals surface area contributed by atoms with Crippen LogP contribution in [0, 0.1) is 0 Å². The Morgan fingerprint density at radius 2 is 2.00 bits per heavy atom. The molecule has 0 aromatic heterocycles. The molecule has 0 bridgehead atoms. The van der Waals surface area contributed by atoms with Gasteiger partial charge in [0.05, 0.1) is 6.10 Å². The van der Waals surface area contributed by atoms with Crippen LogP contribution >= 0.6 is 0 Å². The largest absolute Gasteiger partial charge is 0.390 e. The van der Waals surface area contributed by atoms with Gasteiger partial charge in [-0.2, -0.15) is 0 Å². The van der Waals surface area contributed by atoms with Crippen LogP contribution in [0.4, 0.5) is 0 Å². The highest BCUT2D eigenvalue weighted by Crippen LogP contribution is 2.29. The molecule has 1 saturated heterocycles. The molecule has 3 heteroatoms. The van der Waals surface area contributed by atoms with E-state index in [9.17, 15) is 5.11 Å². The van der Waals surface area contributed by atoms with Crippen molar-refractivity contribution in [3.8, 4) is 0 Å². The highest BCUT2D eigenvalue weighted by Gasteiger charge is 2.21. The highest BCUT2D eigenvalue weighted by molar-refractivity contribution is 5.32. The summed E-state index contributed by atoms with van der Waals surface area (Å²) in [6.45, 7) is 3.84. The predicted octanol–water partition coefficient (Wildman–Crippen LogP) is 2.11. The maximum Gasteiger partial charge on any atom is 0.0791 e. The quantitative estimate of drug-likeness (QED) is 0.863. The molecule has 0 radical (unpaired) electrons. The third-order valence-corrected chi connectivity index (χ3v) is 4.64. The van der Waals surface area contributed by atoms with E-state index >= 15 is 0 Å². The van der Waals surface area contributed by atoms with Gasteiger partial charge in [0, 0.05) is 19.1 Å². The summed E-state index contributed by atoms with van der Waals surface area (Å²) in [5.74, 6) is 0. The molecule has 1 aromatic carbocycles. The van der Waals surface area contributed by atoms with Gasteiger partial charge in [-0.15, -0.1) is 0 Å². The number of aliphatic hydroxyl groups is 1. The van der Waals surface area contributed by atoms with Gasteiger partial charge in [-0.25, -0.2) is 0 Å². The predicted molar refractivity (Wildman–Crippen MR) is 81.8 cm³/mol. The van der Waals surface area contributed by atoms with E-state index in [0.717, 1.165) is 19.6 Å². The molecule has 2 N–H and O–H groups in total. The summed E-state index contributed by atoms with van der Waals surface area (Å²) < 4.78 is 0. The lowest BCUT2D eigenvalue weighted by atomic mass is 9.88. The van der Waals surface area contributed by atoms with Gasteiger partial charge in [-0.1, -0.05) is 24.3 Å². The van der Waals surface area contributed by atoms with Gasteiger partial charge >= 0.3 is 0 Å². The van der Waals surface area contributed by atoms with E-state index in [2.05, 4.69) is 34.5 Å². The maximum atomic E-state index is 10.2. The number of rotatable bonds is 5. The second kappa shape index (κ2) is 6.70. The summed E-state index contributed by atoms with van der Waals surface area (Å²) in [7, 11) is 0. The van der Waals surface area contributed by atoms with Crippen molar-refractivity contribution in [2.75, 3.05) is 26.2 Å². The van der Waals surface area contributed by atoms with Gasteiger partial charge in [0.25, 0.3) is 0 Å². The Hall–Kier alpha value is -0.900. The van der Waals surface area contributed by atoms with E-state index in [1.54, 1.807) is 0 Å². The number of aliphatic hydroxyl groups excluding tert-OH is 1. The van der Waals surface area contributed by atoms with Gasteiger partial charge in [-0.3, -0.25) is 0 Å². The average Bonchev–Trinajstić information content (AvgIpc) is 2.98. The molecule has 0 amide bonds. The van der Waals surface area contributed by atoms with Crippen molar-refractivity contribution in [1.29, 1.82) is 0 Å². The third kappa shape index (κ3) is 3.40. The molecule has 3 nitrogen and oxygen atoms in total. The smallest absolute Gasteiger partial charge is 0.0791 e. The van der Waals surface area contributed by atoms with Crippen LogP contribution in [0.2, 0.25) is 0 Å². The van der Waals surface area contributed by atoms with Crippen LogP contribution in [0.1, 0.15) is 42.9 Å². The second-order valence-corrected chi connectivity index (χ2v) is 6.21. The van der Waals surface area contributed by atoms with Crippen molar-refractivity contribution in [3.05, 3.63) is 35.4 Å². The number of nitrogens with one attached hydrogen (secondary N) is 1. The molecular weight excluding hydrogens is 248 g/mol. The van der Waals surface area contributed by atoms with Crippen molar-refractivity contribution in [2.45, 2.75) is 44.2 Å². The number of nitrogens with zero attached hydrogens (tertiary/aromatic N) is 1. The average molecular weight is 274 g/mol. The number of β-amino-alcohol motifs (C(OH)–C–C–N with tert-alkyl or cyclic N) is 1. The summed E-state index contributed by atoms with van der Waals surface area (Å²) in [5, 5.41) is 13.8. The van der Waals surface area contributed by atoms with Crippen molar-refractivity contribution in [3.63, 3.8) is 0 Å². The normalized spacial score (nSPS) is 24.6. The molecule has 1 aliphatic heterocycles. The highest BCUT2D eigenvalue weighted by atomic mass is 16.3. The molecule has 110 valence electrons. The minimum atomic E-state index is -0.248. The third-order valence-electron chi connectivity index (χ3n) is 4.64. The number of benzene rings is 1. The number of fused-ring (bicyclic) bond motifs is 1. The summed E-state index contributed by atoms with van der Waals surface area (Å²) in [5.41, 5.74) is 2.91. The lowest BCUT2D eigenvalue weighted by Gasteiger charge is -2.28. The summed E-state index contributed by atoms with van der Waals surface area (Å²) in [6, 6.07) is 9.15. The molecule has 1 aliphatic carbocycles. The first-order valence-electron chi connectivity index (χ1n) is 8.04. The molecule has 1 aromatic rings. The molecule has 0 spiro atoms. The fraction of sp³-hybridized carbons (Fsp3) is 0.647. The SMILES string of the molecule is OC(CNC1CCCc2ccccc21)CN1CCCC1. The lowest BCUT2D eigenvalue weighted by Crippen LogP contribution is -2.39. The minimum Gasteiger partial charge on any atom is -0.390 e. The minimum absolute atomic E-state index is 0.248. The molecule has 1 fully saturated rings. The van der Waals surface area contributed by atoms with Crippen molar-refractivity contribution in [1.82, 2.24) is 10.2 Å². The van der Waals surface area contributed by atoms with E-state index in [0.29, 0.717) is 12.6 Å². The zero-order chi connectivity index (χ0) is 13.8. The fourth-order valence-electron chi connectivity index (χ4n) is 3.57. The first-order chi connectivity index (χ1) is 9.83.